The molecular formula is C16H18O2. The Labute approximate surface area is 108 Å². The van der Waals surface area contributed by atoms with E-state index >= 15 is 0 Å². The first kappa shape index (κ1) is 12.6. The van der Waals surface area contributed by atoms with Gasteiger partial charge in [-0.1, -0.05) is 49.4 Å². The van der Waals surface area contributed by atoms with Gasteiger partial charge in [0.2, 0.25) is 0 Å². The van der Waals surface area contributed by atoms with E-state index in [0.29, 0.717) is 12.5 Å². The van der Waals surface area contributed by atoms with Crippen molar-refractivity contribution in [2.45, 2.75) is 20.3 Å². The molecule has 0 heterocycles. The van der Waals surface area contributed by atoms with Crippen LogP contribution in [0.1, 0.15) is 19.4 Å². The summed E-state index contributed by atoms with van der Waals surface area (Å²) < 4.78 is 5.02. The van der Waals surface area contributed by atoms with Crippen molar-refractivity contribution in [1.82, 2.24) is 0 Å². The van der Waals surface area contributed by atoms with E-state index in [1.54, 1.807) is 0 Å². The van der Waals surface area contributed by atoms with Gasteiger partial charge in [-0.15, -0.1) is 0 Å². The molecule has 0 amide bonds. The van der Waals surface area contributed by atoms with Crippen molar-refractivity contribution in [2.24, 2.45) is 5.92 Å². The molecule has 18 heavy (non-hydrogen) atoms. The highest BCUT2D eigenvalue weighted by Gasteiger charge is 2.06. The van der Waals surface area contributed by atoms with E-state index in [1.165, 1.54) is 23.3 Å². The molecule has 0 bridgehead atoms. The van der Waals surface area contributed by atoms with Gasteiger partial charge in [-0.3, -0.25) is 4.79 Å². The molecule has 0 aliphatic heterocycles. The Morgan fingerprint density at radius 3 is 2.61 bits per heavy atom. The second-order valence-electron chi connectivity index (χ2n) is 4.79. The predicted molar refractivity (Wildman–Crippen MR) is 73.4 cm³/mol. The summed E-state index contributed by atoms with van der Waals surface area (Å²) in [6.45, 7) is 4.03. The molecule has 0 unspecified atom stereocenters. The van der Waals surface area contributed by atoms with Crippen molar-refractivity contribution in [3.63, 3.8) is 0 Å². The summed E-state index contributed by atoms with van der Waals surface area (Å²) >= 11 is 0. The topological polar surface area (TPSA) is 26.3 Å². The Hall–Kier alpha value is -1.83. The zero-order valence-electron chi connectivity index (χ0n) is 10.8. The minimum Gasteiger partial charge on any atom is -0.466 e. The molecule has 2 heteroatoms. The monoisotopic (exact) mass is 242 g/mol. The fourth-order valence-corrected chi connectivity index (χ4v) is 2.09. The maximum atomic E-state index is 10.8. The van der Waals surface area contributed by atoms with Crippen LogP contribution in [-0.4, -0.2) is 12.6 Å². The molecule has 0 aromatic heterocycles. The minimum atomic E-state index is -0.208. The summed E-state index contributed by atoms with van der Waals surface area (Å²) in [6.07, 6.45) is 0.929. The quantitative estimate of drug-likeness (QED) is 0.766. The maximum Gasteiger partial charge on any atom is 0.302 e. The lowest BCUT2D eigenvalue weighted by molar-refractivity contribution is -0.142. The third-order valence-corrected chi connectivity index (χ3v) is 2.97. The number of ether oxygens (including phenoxy) is 1. The van der Waals surface area contributed by atoms with Gasteiger partial charge < -0.3 is 4.74 Å². The smallest absolute Gasteiger partial charge is 0.302 e. The molecule has 0 fully saturated rings. The lowest BCUT2D eigenvalue weighted by atomic mass is 9.99. The lowest BCUT2D eigenvalue weighted by Crippen LogP contribution is -2.11. The first-order chi connectivity index (χ1) is 8.65. The number of esters is 1. The van der Waals surface area contributed by atoms with Crippen LogP contribution in [0, 0.1) is 5.92 Å². The fraction of sp³-hybridized carbons (Fsp3) is 0.312. The number of benzene rings is 2. The van der Waals surface area contributed by atoms with Crippen LogP contribution >= 0.6 is 0 Å². The van der Waals surface area contributed by atoms with Crippen LogP contribution < -0.4 is 0 Å². The van der Waals surface area contributed by atoms with Crippen LogP contribution in [0.4, 0.5) is 0 Å². The molecule has 0 spiro atoms. The van der Waals surface area contributed by atoms with Gasteiger partial charge in [0.05, 0.1) is 6.61 Å². The number of fused-ring (bicyclic) bond motifs is 1. The second-order valence-corrected chi connectivity index (χ2v) is 4.79. The zero-order valence-corrected chi connectivity index (χ0v) is 10.8. The van der Waals surface area contributed by atoms with E-state index in [-0.39, 0.29) is 5.97 Å². The predicted octanol–water partition coefficient (Wildman–Crippen LogP) is 3.58. The summed E-state index contributed by atoms with van der Waals surface area (Å²) in [6, 6.07) is 14.8. The van der Waals surface area contributed by atoms with Gasteiger partial charge in [-0.2, -0.15) is 0 Å². The zero-order chi connectivity index (χ0) is 13.0. The molecule has 2 aromatic carbocycles. The average Bonchev–Trinajstić information content (AvgIpc) is 2.36. The first-order valence-corrected chi connectivity index (χ1v) is 6.26. The Morgan fingerprint density at radius 2 is 1.89 bits per heavy atom. The number of hydrogen-bond acceptors (Lipinski definition) is 2. The number of hydrogen-bond donors (Lipinski definition) is 0. The van der Waals surface area contributed by atoms with Crippen molar-refractivity contribution >= 4 is 16.7 Å². The minimum absolute atomic E-state index is 0.208. The van der Waals surface area contributed by atoms with Crippen molar-refractivity contribution in [2.75, 3.05) is 6.61 Å². The normalized spacial score (nSPS) is 12.3. The van der Waals surface area contributed by atoms with E-state index in [2.05, 4.69) is 43.3 Å². The SMILES string of the molecule is CC(=O)OC[C@@H](C)Cc1ccc2ccccc2c1. The van der Waals surface area contributed by atoms with Crippen molar-refractivity contribution < 1.29 is 9.53 Å². The van der Waals surface area contributed by atoms with Crippen LogP contribution in [0.5, 0.6) is 0 Å². The highest BCUT2D eigenvalue weighted by molar-refractivity contribution is 5.82. The number of carbonyl (C=O) groups excluding carboxylic acids is 1. The summed E-state index contributed by atoms with van der Waals surface area (Å²) in [7, 11) is 0. The van der Waals surface area contributed by atoms with E-state index < -0.39 is 0 Å². The fourth-order valence-electron chi connectivity index (χ4n) is 2.09. The van der Waals surface area contributed by atoms with Crippen LogP contribution in [-0.2, 0) is 16.0 Å². The number of rotatable bonds is 4. The third kappa shape index (κ3) is 3.33. The van der Waals surface area contributed by atoms with Gasteiger partial charge in [-0.25, -0.2) is 0 Å². The van der Waals surface area contributed by atoms with Gasteiger partial charge in [0.15, 0.2) is 0 Å². The molecule has 0 saturated carbocycles. The van der Waals surface area contributed by atoms with Crippen molar-refractivity contribution in [1.29, 1.82) is 0 Å². The molecule has 2 aromatic rings. The van der Waals surface area contributed by atoms with Crippen LogP contribution in [0.3, 0.4) is 0 Å². The second kappa shape index (κ2) is 5.67. The summed E-state index contributed by atoms with van der Waals surface area (Å²) in [5.74, 6) is 0.135. The van der Waals surface area contributed by atoms with Gasteiger partial charge in [0.1, 0.15) is 0 Å². The van der Waals surface area contributed by atoms with Crippen LogP contribution in [0.2, 0.25) is 0 Å². The molecular weight excluding hydrogens is 224 g/mol. The van der Waals surface area contributed by atoms with Crippen molar-refractivity contribution in [3.05, 3.63) is 48.0 Å². The molecule has 94 valence electrons. The van der Waals surface area contributed by atoms with Crippen molar-refractivity contribution in [3.8, 4) is 0 Å². The maximum absolute atomic E-state index is 10.8. The standard InChI is InChI=1S/C16H18O2/c1-12(11-18-13(2)17)9-14-7-8-15-5-3-4-6-16(15)10-14/h3-8,10,12H,9,11H2,1-2H3/t12-/m0/s1. The molecule has 2 rings (SSSR count). The lowest BCUT2D eigenvalue weighted by Gasteiger charge is -2.11. The first-order valence-electron chi connectivity index (χ1n) is 6.26. The van der Waals surface area contributed by atoms with Gasteiger partial charge in [0, 0.05) is 6.92 Å². The average molecular weight is 242 g/mol. The molecule has 1 atom stereocenters. The highest BCUT2D eigenvalue weighted by atomic mass is 16.5. The van der Waals surface area contributed by atoms with Gasteiger partial charge in [-0.05, 0) is 28.7 Å². The summed E-state index contributed by atoms with van der Waals surface area (Å²) in [4.78, 5) is 10.8. The van der Waals surface area contributed by atoms with Gasteiger partial charge >= 0.3 is 5.97 Å². The summed E-state index contributed by atoms with van der Waals surface area (Å²) in [5, 5.41) is 2.52. The molecule has 2 nitrogen and oxygen atoms in total. The largest absolute Gasteiger partial charge is 0.466 e. The molecule has 0 saturated heterocycles. The van der Waals surface area contributed by atoms with E-state index in [9.17, 15) is 4.79 Å². The Kier molecular flexibility index (Phi) is 3.98. The van der Waals surface area contributed by atoms with Crippen LogP contribution in [0.25, 0.3) is 10.8 Å². The van der Waals surface area contributed by atoms with E-state index in [1.807, 2.05) is 6.07 Å². The summed E-state index contributed by atoms with van der Waals surface area (Å²) in [5.41, 5.74) is 1.29. The molecule has 0 radical (unpaired) electrons. The van der Waals surface area contributed by atoms with E-state index in [0.717, 1.165) is 6.42 Å². The Balaban J connectivity index is 2.05. The van der Waals surface area contributed by atoms with Gasteiger partial charge in [0.25, 0.3) is 0 Å². The number of carbonyl (C=O) groups is 1. The highest BCUT2D eigenvalue weighted by Crippen LogP contribution is 2.18. The third-order valence-electron chi connectivity index (χ3n) is 2.97. The molecule has 0 aliphatic carbocycles. The Morgan fingerprint density at radius 1 is 1.17 bits per heavy atom. The van der Waals surface area contributed by atoms with Crippen LogP contribution in [0.15, 0.2) is 42.5 Å². The Bertz CT molecular complexity index is 546. The van der Waals surface area contributed by atoms with E-state index in [4.69, 9.17) is 4.74 Å². The molecule has 0 N–H and O–H groups in total. The molecule has 0 aliphatic rings.